The molecule has 180 valence electrons. The lowest BCUT2D eigenvalue weighted by Gasteiger charge is -2.45. The lowest BCUT2D eigenvalue weighted by atomic mass is 9.61. The van der Waals surface area contributed by atoms with Crippen molar-refractivity contribution in [3.8, 4) is 0 Å². The quantitative estimate of drug-likeness (QED) is 0.595. The average Bonchev–Trinajstić information content (AvgIpc) is 3.33. The van der Waals surface area contributed by atoms with E-state index in [0.29, 0.717) is 43.6 Å². The molecule has 5 heteroatoms. The van der Waals surface area contributed by atoms with Crippen molar-refractivity contribution in [2.24, 2.45) is 29.1 Å². The number of hydrogen-bond acceptors (Lipinski definition) is 3. The van der Waals surface area contributed by atoms with Gasteiger partial charge in [-0.25, -0.2) is 8.78 Å². The van der Waals surface area contributed by atoms with Gasteiger partial charge in [0, 0.05) is 25.4 Å². The van der Waals surface area contributed by atoms with Gasteiger partial charge in [-0.3, -0.25) is 0 Å². The molecule has 4 rings (SSSR count). The van der Waals surface area contributed by atoms with Gasteiger partial charge >= 0.3 is 0 Å². The lowest BCUT2D eigenvalue weighted by Crippen LogP contribution is -2.39. The molecule has 0 unspecified atom stereocenters. The van der Waals surface area contributed by atoms with Gasteiger partial charge in [-0.05, 0) is 85.8 Å². The zero-order valence-electron chi connectivity index (χ0n) is 19.8. The third kappa shape index (κ3) is 4.76. The number of halogens is 2. The predicted molar refractivity (Wildman–Crippen MR) is 124 cm³/mol. The van der Waals surface area contributed by atoms with Crippen LogP contribution in [0.15, 0.2) is 35.5 Å². The molecule has 4 fully saturated rings. The smallest absolute Gasteiger partial charge is 0.242 e. The number of rotatable bonds is 5. The first kappa shape index (κ1) is 24.1. The maximum absolute atomic E-state index is 13.1. The Morgan fingerprint density at radius 3 is 2.72 bits per heavy atom. The molecule has 2 N–H and O–H groups in total. The van der Waals surface area contributed by atoms with Crippen LogP contribution in [-0.4, -0.2) is 53.4 Å². The van der Waals surface area contributed by atoms with E-state index in [9.17, 15) is 19.0 Å². The summed E-state index contributed by atoms with van der Waals surface area (Å²) in [5, 5.41) is 20.2. The molecule has 1 saturated heterocycles. The number of fused-ring (bicyclic) bond motifs is 1. The van der Waals surface area contributed by atoms with Crippen LogP contribution in [0.4, 0.5) is 8.78 Å². The first-order valence-corrected chi connectivity index (χ1v) is 12.6. The minimum Gasteiger partial charge on any atom is -0.393 e. The van der Waals surface area contributed by atoms with Crippen LogP contribution >= 0.6 is 0 Å². The monoisotopic (exact) mass is 449 g/mol. The summed E-state index contributed by atoms with van der Waals surface area (Å²) in [6, 6.07) is 0. The van der Waals surface area contributed by atoms with Gasteiger partial charge in [0.05, 0.1) is 12.2 Å². The van der Waals surface area contributed by atoms with Crippen molar-refractivity contribution in [2.75, 3.05) is 19.6 Å². The van der Waals surface area contributed by atoms with Crippen LogP contribution < -0.4 is 0 Å². The molecule has 7 atom stereocenters. The molecule has 1 heterocycles. The number of aliphatic hydroxyl groups is 2. The van der Waals surface area contributed by atoms with E-state index < -0.39 is 24.6 Å². The van der Waals surface area contributed by atoms with E-state index in [-0.39, 0.29) is 5.41 Å². The molecular formula is C27H41F2NO2. The van der Waals surface area contributed by atoms with Crippen molar-refractivity contribution in [3.05, 3.63) is 35.5 Å². The topological polar surface area (TPSA) is 43.7 Å². The molecule has 0 radical (unpaired) electrons. The summed E-state index contributed by atoms with van der Waals surface area (Å²) >= 11 is 0. The highest BCUT2D eigenvalue weighted by Gasteiger charge is 2.51. The van der Waals surface area contributed by atoms with Gasteiger partial charge in [-0.15, -0.1) is 0 Å². The average molecular weight is 450 g/mol. The zero-order chi connectivity index (χ0) is 23.0. The van der Waals surface area contributed by atoms with Crippen LogP contribution in [0.25, 0.3) is 0 Å². The zero-order valence-corrected chi connectivity index (χ0v) is 19.8. The largest absolute Gasteiger partial charge is 0.393 e. The summed E-state index contributed by atoms with van der Waals surface area (Å²) in [7, 11) is 0. The first-order chi connectivity index (χ1) is 15.2. The highest BCUT2D eigenvalue weighted by Crippen LogP contribution is 2.59. The second kappa shape index (κ2) is 9.68. The molecule has 0 aromatic heterocycles. The number of likely N-dealkylation sites (tertiary alicyclic amines) is 1. The third-order valence-corrected chi connectivity index (χ3v) is 9.20. The van der Waals surface area contributed by atoms with Crippen molar-refractivity contribution in [2.45, 2.75) is 83.8 Å². The van der Waals surface area contributed by atoms with E-state index in [1.54, 1.807) is 0 Å². The fraction of sp³-hybridized carbons (Fsp3) is 0.778. The minimum atomic E-state index is -2.19. The number of nitrogens with zero attached hydrogens (tertiary/aromatic N) is 1. The van der Waals surface area contributed by atoms with Gasteiger partial charge in [0.2, 0.25) is 6.43 Å². The van der Waals surface area contributed by atoms with E-state index in [1.807, 2.05) is 0 Å². The fourth-order valence-electron chi connectivity index (χ4n) is 7.45. The molecular weight excluding hydrogens is 408 g/mol. The maximum atomic E-state index is 13.1. The Labute approximate surface area is 192 Å². The van der Waals surface area contributed by atoms with Gasteiger partial charge in [0.15, 0.2) is 0 Å². The molecule has 0 amide bonds. The van der Waals surface area contributed by atoms with Gasteiger partial charge in [0.25, 0.3) is 0 Å². The molecule has 3 nitrogen and oxygen atoms in total. The van der Waals surface area contributed by atoms with Crippen molar-refractivity contribution in [3.63, 3.8) is 0 Å². The van der Waals surface area contributed by atoms with Crippen LogP contribution in [-0.2, 0) is 0 Å². The van der Waals surface area contributed by atoms with Crippen LogP contribution in [0, 0.1) is 29.1 Å². The number of alkyl halides is 2. The highest BCUT2D eigenvalue weighted by atomic mass is 19.3. The van der Waals surface area contributed by atoms with Crippen molar-refractivity contribution >= 4 is 0 Å². The van der Waals surface area contributed by atoms with E-state index in [0.717, 1.165) is 30.7 Å². The van der Waals surface area contributed by atoms with Crippen LogP contribution in [0.5, 0.6) is 0 Å². The van der Waals surface area contributed by atoms with Gasteiger partial charge < -0.3 is 15.1 Å². The molecule has 4 aliphatic rings. The van der Waals surface area contributed by atoms with Crippen molar-refractivity contribution in [1.82, 2.24) is 4.90 Å². The summed E-state index contributed by atoms with van der Waals surface area (Å²) in [5.74, 6) is 1.27. The molecule has 3 aliphatic carbocycles. The number of allylic oxidation sites excluding steroid dienone is 3. The van der Waals surface area contributed by atoms with Crippen LogP contribution in [0.2, 0.25) is 0 Å². The maximum Gasteiger partial charge on any atom is 0.242 e. The SMILES string of the molecule is C=C1/C(=C\C=C2/CCC[C@]3(C)[C@@H]([C@H](C)CN4CC[C@H](C(F)F)C4)CC[C@@H]23)C[C@@H](O)C[C@@H]1O. The van der Waals surface area contributed by atoms with Crippen LogP contribution in [0.1, 0.15) is 65.2 Å². The normalized spacial score (nSPS) is 42.2. The van der Waals surface area contributed by atoms with E-state index in [2.05, 4.69) is 37.5 Å². The molecule has 0 aromatic carbocycles. The summed E-state index contributed by atoms with van der Waals surface area (Å²) in [4.78, 5) is 2.27. The summed E-state index contributed by atoms with van der Waals surface area (Å²) < 4.78 is 26.2. The number of aliphatic hydroxyl groups excluding tert-OH is 2. The predicted octanol–water partition coefficient (Wildman–Crippen LogP) is 5.35. The fourth-order valence-corrected chi connectivity index (χ4v) is 7.45. The van der Waals surface area contributed by atoms with E-state index in [4.69, 9.17) is 0 Å². The standard InChI is InChI=1S/C27H41F2NO2/c1-17(15-30-12-10-21(16-30)26(28)29)23-8-9-24-19(5-4-11-27(23,24)3)6-7-20-13-22(31)14-25(32)18(20)2/h6-7,17,21-26,31-32H,2,4-5,8-16H2,1,3H3/b19-6+,20-7-/t17-,21+,22-,23-,24+,25+,27-/m1/s1. The minimum absolute atomic E-state index is 0.270. The van der Waals surface area contributed by atoms with Crippen molar-refractivity contribution in [1.29, 1.82) is 0 Å². The van der Waals surface area contributed by atoms with Gasteiger partial charge in [-0.2, -0.15) is 0 Å². The molecule has 0 bridgehead atoms. The van der Waals surface area contributed by atoms with Crippen LogP contribution in [0.3, 0.4) is 0 Å². The Kier molecular flexibility index (Phi) is 7.29. The van der Waals surface area contributed by atoms with Gasteiger partial charge in [-0.1, -0.05) is 38.2 Å². The Morgan fingerprint density at radius 1 is 1.22 bits per heavy atom. The molecule has 0 spiro atoms. The van der Waals surface area contributed by atoms with E-state index in [1.165, 1.54) is 31.3 Å². The first-order valence-electron chi connectivity index (χ1n) is 12.6. The summed E-state index contributed by atoms with van der Waals surface area (Å²) in [5.41, 5.74) is 3.49. The second-order valence-electron chi connectivity index (χ2n) is 11.3. The Morgan fingerprint density at radius 2 is 2.00 bits per heavy atom. The number of hydrogen-bond donors (Lipinski definition) is 2. The van der Waals surface area contributed by atoms with Gasteiger partial charge in [0.1, 0.15) is 0 Å². The lowest BCUT2D eigenvalue weighted by molar-refractivity contribution is 0.0672. The molecule has 0 aromatic rings. The van der Waals surface area contributed by atoms with Crippen molar-refractivity contribution < 1.29 is 19.0 Å². The van der Waals surface area contributed by atoms with E-state index >= 15 is 0 Å². The Bertz CT molecular complexity index is 763. The third-order valence-electron chi connectivity index (χ3n) is 9.20. The molecule has 3 saturated carbocycles. The highest BCUT2D eigenvalue weighted by molar-refractivity contribution is 5.38. The Hall–Kier alpha value is -1.04. The molecule has 1 aliphatic heterocycles. The second-order valence-corrected chi connectivity index (χ2v) is 11.3. The summed E-state index contributed by atoms with van der Waals surface area (Å²) in [6.07, 6.45) is 8.56. The summed E-state index contributed by atoms with van der Waals surface area (Å²) in [6.45, 7) is 11.1. The Balaban J connectivity index is 1.44. The molecule has 32 heavy (non-hydrogen) atoms.